The van der Waals surface area contributed by atoms with Gasteiger partial charge in [0, 0.05) is 6.07 Å². The number of morpholine rings is 1. The van der Waals surface area contributed by atoms with Gasteiger partial charge in [-0.15, -0.1) is 0 Å². The number of ether oxygens (including phenoxy) is 1. The van der Waals surface area contributed by atoms with Gasteiger partial charge in [-0.1, -0.05) is 12.1 Å². The molecule has 2 atom stereocenters. The molecule has 3 aliphatic rings. The molecule has 1 aromatic rings. The molecule has 2 bridgehead atoms. The van der Waals surface area contributed by atoms with E-state index in [0.29, 0.717) is 12.8 Å². The first-order valence-electron chi connectivity index (χ1n) is 6.37. The average molecular weight is 312 g/mol. The number of benzene rings is 1. The average Bonchev–Trinajstić information content (AvgIpc) is 2.47. The van der Waals surface area contributed by atoms with Gasteiger partial charge in [0.1, 0.15) is 12.1 Å². The first-order chi connectivity index (χ1) is 9.91. The van der Waals surface area contributed by atoms with Gasteiger partial charge in [-0.05, 0) is 18.9 Å². The minimum absolute atomic E-state index is 0.0464. The van der Waals surface area contributed by atoms with E-state index in [1.165, 1.54) is 18.2 Å². The van der Waals surface area contributed by atoms with Crippen LogP contribution in [0.25, 0.3) is 0 Å². The van der Waals surface area contributed by atoms with Crippen LogP contribution in [0.1, 0.15) is 12.8 Å². The molecule has 0 saturated carbocycles. The zero-order valence-electron chi connectivity index (χ0n) is 10.8. The third kappa shape index (κ3) is 2.18. The molecular formula is C12H12N2O6S. The van der Waals surface area contributed by atoms with Crippen molar-refractivity contribution >= 4 is 21.7 Å². The van der Waals surface area contributed by atoms with E-state index in [1.54, 1.807) is 0 Å². The van der Waals surface area contributed by atoms with E-state index < -0.39 is 43.6 Å². The van der Waals surface area contributed by atoms with Crippen molar-refractivity contribution in [2.24, 2.45) is 0 Å². The maximum absolute atomic E-state index is 12.7. The number of esters is 1. The molecule has 1 aromatic carbocycles. The van der Waals surface area contributed by atoms with Crippen LogP contribution in [0.5, 0.6) is 0 Å². The van der Waals surface area contributed by atoms with E-state index in [0.717, 1.165) is 10.4 Å². The van der Waals surface area contributed by atoms with Gasteiger partial charge < -0.3 is 4.74 Å². The monoisotopic (exact) mass is 312 g/mol. The fourth-order valence-corrected chi connectivity index (χ4v) is 4.50. The van der Waals surface area contributed by atoms with Crippen molar-refractivity contribution in [1.29, 1.82) is 0 Å². The fourth-order valence-electron chi connectivity index (χ4n) is 2.70. The van der Waals surface area contributed by atoms with Crippen molar-refractivity contribution in [2.75, 3.05) is 6.54 Å². The Morgan fingerprint density at radius 3 is 2.62 bits per heavy atom. The number of sulfonamides is 1. The predicted octanol–water partition coefficient (Wildman–Crippen LogP) is 0.673. The van der Waals surface area contributed by atoms with Crippen LogP contribution in [0.2, 0.25) is 0 Å². The molecule has 0 radical (unpaired) electrons. The molecule has 8 nitrogen and oxygen atoms in total. The molecule has 0 aromatic heterocycles. The Hall–Kier alpha value is -2.00. The van der Waals surface area contributed by atoms with E-state index in [1.807, 2.05) is 0 Å². The van der Waals surface area contributed by atoms with E-state index >= 15 is 0 Å². The van der Waals surface area contributed by atoms with E-state index in [9.17, 15) is 23.3 Å². The molecule has 4 rings (SSSR count). The van der Waals surface area contributed by atoms with Crippen molar-refractivity contribution in [3.8, 4) is 0 Å². The number of fused-ring (bicyclic) bond motifs is 3. The molecule has 0 unspecified atom stereocenters. The largest absolute Gasteiger partial charge is 0.460 e. The Morgan fingerprint density at radius 1 is 1.29 bits per heavy atom. The van der Waals surface area contributed by atoms with E-state index in [4.69, 9.17) is 4.74 Å². The Morgan fingerprint density at radius 2 is 2.00 bits per heavy atom. The second-order valence-electron chi connectivity index (χ2n) is 4.95. The van der Waals surface area contributed by atoms with Crippen LogP contribution in [0.3, 0.4) is 0 Å². The highest BCUT2D eigenvalue weighted by Gasteiger charge is 2.48. The number of carbonyl (C=O) groups is 1. The van der Waals surface area contributed by atoms with Gasteiger partial charge >= 0.3 is 5.97 Å². The van der Waals surface area contributed by atoms with Gasteiger partial charge in [0.15, 0.2) is 4.90 Å². The summed E-state index contributed by atoms with van der Waals surface area (Å²) < 4.78 is 31.4. The van der Waals surface area contributed by atoms with Crippen molar-refractivity contribution in [3.05, 3.63) is 34.4 Å². The van der Waals surface area contributed by atoms with Gasteiger partial charge in [-0.25, -0.2) is 8.42 Å². The van der Waals surface area contributed by atoms with Gasteiger partial charge in [0.25, 0.3) is 15.7 Å². The number of para-hydroxylation sites is 1. The maximum atomic E-state index is 12.7. The maximum Gasteiger partial charge on any atom is 0.324 e. The fraction of sp³-hybridized carbons (Fsp3) is 0.417. The van der Waals surface area contributed by atoms with Gasteiger partial charge in [-0.3, -0.25) is 14.9 Å². The molecule has 21 heavy (non-hydrogen) atoms. The Bertz CT molecular complexity index is 716. The number of hydrogen-bond acceptors (Lipinski definition) is 6. The number of rotatable bonds is 3. The van der Waals surface area contributed by atoms with E-state index in [-0.39, 0.29) is 6.54 Å². The minimum Gasteiger partial charge on any atom is -0.460 e. The highest BCUT2D eigenvalue weighted by atomic mass is 32.2. The summed E-state index contributed by atoms with van der Waals surface area (Å²) in [4.78, 5) is 21.6. The van der Waals surface area contributed by atoms with Crippen LogP contribution in [0.15, 0.2) is 29.2 Å². The normalized spacial score (nSPS) is 25.6. The molecule has 3 fully saturated rings. The zero-order valence-corrected chi connectivity index (χ0v) is 11.7. The van der Waals surface area contributed by atoms with Crippen LogP contribution in [-0.2, 0) is 19.6 Å². The molecule has 9 heteroatoms. The molecule has 0 amide bonds. The van der Waals surface area contributed by atoms with Crippen LogP contribution in [0.4, 0.5) is 5.69 Å². The summed E-state index contributed by atoms with van der Waals surface area (Å²) in [5.41, 5.74) is -0.493. The van der Waals surface area contributed by atoms with E-state index in [2.05, 4.69) is 0 Å². The number of carbonyl (C=O) groups excluding carboxylic acids is 1. The topological polar surface area (TPSA) is 107 Å². The van der Waals surface area contributed by atoms with Crippen molar-refractivity contribution in [2.45, 2.75) is 29.9 Å². The Kier molecular flexibility index (Phi) is 3.18. The van der Waals surface area contributed by atoms with Crippen LogP contribution in [0, 0.1) is 10.1 Å². The van der Waals surface area contributed by atoms with Crippen molar-refractivity contribution < 1.29 is 22.9 Å². The van der Waals surface area contributed by atoms with Crippen molar-refractivity contribution in [3.63, 3.8) is 0 Å². The second kappa shape index (κ2) is 4.78. The summed E-state index contributed by atoms with van der Waals surface area (Å²) in [6.07, 6.45) is 0.517. The second-order valence-corrected chi connectivity index (χ2v) is 6.81. The van der Waals surface area contributed by atoms with Gasteiger partial charge in [0.2, 0.25) is 0 Å². The van der Waals surface area contributed by atoms with Gasteiger partial charge in [0.05, 0.1) is 11.5 Å². The molecule has 3 heterocycles. The molecule has 0 N–H and O–H groups in total. The summed E-state index contributed by atoms with van der Waals surface area (Å²) >= 11 is 0. The highest BCUT2D eigenvalue weighted by molar-refractivity contribution is 7.89. The number of piperidine rings is 1. The Balaban J connectivity index is 2.06. The molecule has 0 spiro atoms. The first kappa shape index (κ1) is 14.0. The minimum atomic E-state index is -4.11. The number of nitro groups is 1. The smallest absolute Gasteiger partial charge is 0.324 e. The summed E-state index contributed by atoms with van der Waals surface area (Å²) in [5, 5.41) is 11.0. The summed E-state index contributed by atoms with van der Waals surface area (Å²) in [6, 6.07) is 4.24. The quantitative estimate of drug-likeness (QED) is 0.461. The number of nitro benzene ring substituents is 1. The molecule has 0 aliphatic carbocycles. The standard InChI is InChI=1S/C12H12N2O6S/c15-12-10-6-5-8(20-12)7-13(10)21(18,19)11-4-2-1-3-9(11)14(16)17/h1-4,8,10H,5-7H2/t8-,10-/m0/s1. The lowest BCUT2D eigenvalue weighted by Crippen LogP contribution is -2.58. The third-order valence-electron chi connectivity index (χ3n) is 3.70. The molecular weight excluding hydrogens is 300 g/mol. The SMILES string of the molecule is O=C1O[C@H]2CC[C@@H]1N(S(=O)(=O)c1ccccc1[N+](=O)[O-])C2. The highest BCUT2D eigenvalue weighted by Crippen LogP contribution is 2.34. The molecule has 3 saturated heterocycles. The van der Waals surface area contributed by atoms with Crippen molar-refractivity contribution in [1.82, 2.24) is 4.31 Å². The number of nitrogens with zero attached hydrogens (tertiary/aromatic N) is 2. The lowest BCUT2D eigenvalue weighted by Gasteiger charge is -2.42. The van der Waals surface area contributed by atoms with Gasteiger partial charge in [-0.2, -0.15) is 4.31 Å². The number of hydrogen-bond donors (Lipinski definition) is 0. The van der Waals surface area contributed by atoms with Crippen LogP contribution in [-0.4, -0.2) is 42.3 Å². The summed E-state index contributed by atoms with van der Waals surface area (Å²) in [6.45, 7) is 0.0464. The predicted molar refractivity (Wildman–Crippen MR) is 69.9 cm³/mol. The third-order valence-corrected chi connectivity index (χ3v) is 5.62. The van der Waals surface area contributed by atoms with Crippen LogP contribution >= 0.6 is 0 Å². The summed E-state index contributed by atoms with van der Waals surface area (Å²) in [5.74, 6) is -0.584. The molecule has 3 aliphatic heterocycles. The Labute approximate surface area is 120 Å². The first-order valence-corrected chi connectivity index (χ1v) is 7.81. The summed E-state index contributed by atoms with van der Waals surface area (Å²) in [7, 11) is -4.11. The van der Waals surface area contributed by atoms with Crippen LogP contribution < -0.4 is 0 Å². The lowest BCUT2D eigenvalue weighted by molar-refractivity contribution is -0.387. The zero-order chi connectivity index (χ0) is 15.2. The lowest BCUT2D eigenvalue weighted by atomic mass is 9.99. The molecule has 112 valence electrons.